The van der Waals surface area contributed by atoms with Gasteiger partial charge in [-0.05, 0) is 41.7 Å². The Morgan fingerprint density at radius 2 is 1.86 bits per heavy atom. The molecule has 0 saturated carbocycles. The number of benzene rings is 1. The van der Waals surface area contributed by atoms with Crippen molar-refractivity contribution >= 4 is 18.1 Å². The third-order valence-electron chi connectivity index (χ3n) is 4.21. The first-order valence-electron chi connectivity index (χ1n) is 7.58. The molecule has 1 aromatic rings. The van der Waals surface area contributed by atoms with Gasteiger partial charge in [-0.2, -0.15) is 0 Å². The van der Waals surface area contributed by atoms with Crippen LogP contribution < -0.4 is 10.6 Å². The Labute approximate surface area is 126 Å². The molecule has 0 aromatic heterocycles. The third kappa shape index (κ3) is 2.79. The molecule has 0 saturated heterocycles. The van der Waals surface area contributed by atoms with E-state index in [0.29, 0.717) is 12.5 Å². The van der Waals surface area contributed by atoms with Crippen molar-refractivity contribution in [3.05, 3.63) is 45.5 Å². The quantitative estimate of drug-likeness (QED) is 0.831. The summed E-state index contributed by atoms with van der Waals surface area (Å²) in [6.45, 7) is 8.86. The Morgan fingerprint density at radius 3 is 2.62 bits per heavy atom. The summed E-state index contributed by atoms with van der Waals surface area (Å²) in [4.78, 5) is 12.3. The Hall–Kier alpha value is -1.87. The van der Waals surface area contributed by atoms with E-state index in [0.717, 1.165) is 24.2 Å². The normalized spacial score (nSPS) is 18.0. The van der Waals surface area contributed by atoms with Crippen LogP contribution in [0, 0.1) is 5.92 Å². The van der Waals surface area contributed by atoms with Gasteiger partial charge in [0.15, 0.2) is 0 Å². The lowest BCUT2D eigenvalue weighted by Gasteiger charge is -2.10. The molecule has 0 fully saturated rings. The molecule has 2 heterocycles. The average molecular weight is 282 g/mol. The van der Waals surface area contributed by atoms with Gasteiger partial charge in [0.05, 0.1) is 0 Å². The van der Waals surface area contributed by atoms with E-state index in [4.69, 9.17) is 0 Å². The summed E-state index contributed by atoms with van der Waals surface area (Å²) in [5.74, 6) is 0.538. The first kappa shape index (κ1) is 14.1. The minimum Gasteiger partial charge on any atom is -0.348 e. The van der Waals surface area contributed by atoms with E-state index in [2.05, 4.69) is 49.6 Å². The predicted octanol–water partition coefficient (Wildman–Crippen LogP) is 2.98. The first-order valence-corrected chi connectivity index (χ1v) is 7.58. The molecular formula is C18H22N2O. The number of hydrogen-bond acceptors (Lipinski definition) is 2. The maximum Gasteiger partial charge on any atom is 0.252 e. The lowest BCUT2D eigenvalue weighted by molar-refractivity contribution is 0.0957. The topological polar surface area (TPSA) is 41.1 Å². The highest BCUT2D eigenvalue weighted by molar-refractivity contribution is 6.00. The van der Waals surface area contributed by atoms with Crippen molar-refractivity contribution in [1.82, 2.24) is 10.6 Å². The molecule has 2 N–H and O–H groups in total. The van der Waals surface area contributed by atoms with Crippen LogP contribution in [0.15, 0.2) is 23.3 Å². The zero-order chi connectivity index (χ0) is 15.0. The number of carbonyl (C=O) groups excluding carboxylic acids is 1. The summed E-state index contributed by atoms with van der Waals surface area (Å²) >= 11 is 0. The van der Waals surface area contributed by atoms with Gasteiger partial charge in [0.2, 0.25) is 0 Å². The fraction of sp³-hybridized carbons (Fsp3) is 0.389. The predicted molar refractivity (Wildman–Crippen MR) is 86.9 cm³/mol. The number of amides is 1. The van der Waals surface area contributed by atoms with Crippen LogP contribution in [-0.2, 0) is 6.54 Å². The highest BCUT2D eigenvalue weighted by Gasteiger charge is 2.18. The van der Waals surface area contributed by atoms with E-state index in [1.165, 1.54) is 22.3 Å². The molecule has 110 valence electrons. The van der Waals surface area contributed by atoms with Crippen LogP contribution in [0.5, 0.6) is 0 Å². The molecule has 0 spiro atoms. The SMILES string of the molecule is CC1=Cc2cc3c(cc2C(=O)NC1)C=C(C(C)C)CNC3. The van der Waals surface area contributed by atoms with E-state index in [9.17, 15) is 4.79 Å². The molecule has 0 bridgehead atoms. The average Bonchev–Trinajstić information content (AvgIpc) is 2.72. The Balaban J connectivity index is 2.14. The monoisotopic (exact) mass is 282 g/mol. The number of nitrogens with one attached hydrogen (secondary N) is 2. The molecule has 3 nitrogen and oxygen atoms in total. The number of fused-ring (bicyclic) bond motifs is 2. The number of rotatable bonds is 1. The maximum atomic E-state index is 12.3. The van der Waals surface area contributed by atoms with Crippen molar-refractivity contribution in [2.45, 2.75) is 27.3 Å². The zero-order valence-corrected chi connectivity index (χ0v) is 12.9. The van der Waals surface area contributed by atoms with Gasteiger partial charge in [-0.25, -0.2) is 0 Å². The molecule has 2 aliphatic rings. The smallest absolute Gasteiger partial charge is 0.252 e. The van der Waals surface area contributed by atoms with Crippen LogP contribution in [0.1, 0.15) is 47.8 Å². The lowest BCUT2D eigenvalue weighted by atomic mass is 9.95. The van der Waals surface area contributed by atoms with Gasteiger partial charge in [-0.1, -0.05) is 37.1 Å². The molecule has 0 atom stereocenters. The summed E-state index contributed by atoms with van der Waals surface area (Å²) in [6.07, 6.45) is 4.36. The van der Waals surface area contributed by atoms with Crippen LogP contribution in [0.3, 0.4) is 0 Å². The van der Waals surface area contributed by atoms with Crippen LogP contribution >= 0.6 is 0 Å². The van der Waals surface area contributed by atoms with Crippen LogP contribution in [0.4, 0.5) is 0 Å². The van der Waals surface area contributed by atoms with Crippen LogP contribution in [-0.4, -0.2) is 19.0 Å². The van der Waals surface area contributed by atoms with Crippen molar-refractivity contribution in [3.8, 4) is 0 Å². The van der Waals surface area contributed by atoms with Crippen molar-refractivity contribution in [2.24, 2.45) is 5.92 Å². The molecule has 3 heteroatoms. The molecule has 3 rings (SSSR count). The van der Waals surface area contributed by atoms with Gasteiger partial charge in [0, 0.05) is 25.2 Å². The molecule has 1 amide bonds. The fourth-order valence-electron chi connectivity index (χ4n) is 2.88. The minimum absolute atomic E-state index is 0.0256. The number of carbonyl (C=O) groups is 1. The van der Waals surface area contributed by atoms with Crippen LogP contribution in [0.25, 0.3) is 12.2 Å². The van der Waals surface area contributed by atoms with E-state index < -0.39 is 0 Å². The van der Waals surface area contributed by atoms with E-state index >= 15 is 0 Å². The summed E-state index contributed by atoms with van der Waals surface area (Å²) in [5.41, 5.74) is 6.82. The van der Waals surface area contributed by atoms with Crippen molar-refractivity contribution in [1.29, 1.82) is 0 Å². The first-order chi connectivity index (χ1) is 10.0. The second-order valence-corrected chi connectivity index (χ2v) is 6.29. The molecule has 1 aromatic carbocycles. The van der Waals surface area contributed by atoms with Crippen LogP contribution in [0.2, 0.25) is 0 Å². The highest BCUT2D eigenvalue weighted by atomic mass is 16.1. The fourth-order valence-corrected chi connectivity index (χ4v) is 2.88. The summed E-state index contributed by atoms with van der Waals surface area (Å²) in [6, 6.07) is 4.20. The molecule has 0 unspecified atom stereocenters. The molecule has 21 heavy (non-hydrogen) atoms. The second-order valence-electron chi connectivity index (χ2n) is 6.29. The van der Waals surface area contributed by atoms with E-state index in [1.807, 2.05) is 6.07 Å². The van der Waals surface area contributed by atoms with Gasteiger partial charge >= 0.3 is 0 Å². The van der Waals surface area contributed by atoms with Crippen molar-refractivity contribution in [3.63, 3.8) is 0 Å². The van der Waals surface area contributed by atoms with Gasteiger partial charge < -0.3 is 10.6 Å². The second kappa shape index (κ2) is 5.49. The summed E-state index contributed by atoms with van der Waals surface area (Å²) < 4.78 is 0. The molecule has 0 radical (unpaired) electrons. The Morgan fingerprint density at radius 1 is 1.05 bits per heavy atom. The minimum atomic E-state index is 0.0256. The number of hydrogen-bond donors (Lipinski definition) is 2. The van der Waals surface area contributed by atoms with Gasteiger partial charge in [0.25, 0.3) is 5.91 Å². The third-order valence-corrected chi connectivity index (χ3v) is 4.21. The van der Waals surface area contributed by atoms with E-state index in [-0.39, 0.29) is 5.91 Å². The summed E-state index contributed by atoms with van der Waals surface area (Å²) in [5, 5.41) is 6.45. The molecule has 2 aliphatic heterocycles. The molecular weight excluding hydrogens is 260 g/mol. The lowest BCUT2D eigenvalue weighted by Crippen LogP contribution is -2.24. The highest BCUT2D eigenvalue weighted by Crippen LogP contribution is 2.26. The summed E-state index contributed by atoms with van der Waals surface area (Å²) in [7, 11) is 0. The van der Waals surface area contributed by atoms with Gasteiger partial charge in [0.1, 0.15) is 0 Å². The zero-order valence-electron chi connectivity index (χ0n) is 12.9. The van der Waals surface area contributed by atoms with Crippen molar-refractivity contribution < 1.29 is 4.79 Å². The molecule has 0 aliphatic carbocycles. The standard InChI is InChI=1S/C18H22N2O/c1-11(2)15-5-13-7-17-14(6-16(13)10-19-9-15)4-12(3)8-20-18(17)21/h4-7,11,19H,8-10H2,1-3H3,(H,20,21). The maximum absolute atomic E-state index is 12.3. The Kier molecular flexibility index (Phi) is 3.68. The van der Waals surface area contributed by atoms with Gasteiger partial charge in [-0.3, -0.25) is 4.79 Å². The largest absolute Gasteiger partial charge is 0.348 e. The Bertz CT molecular complexity index is 653. The van der Waals surface area contributed by atoms with Crippen molar-refractivity contribution in [2.75, 3.05) is 13.1 Å². The van der Waals surface area contributed by atoms with Gasteiger partial charge in [-0.15, -0.1) is 0 Å². The van der Waals surface area contributed by atoms with E-state index in [1.54, 1.807) is 0 Å².